The van der Waals surface area contributed by atoms with Crippen LogP contribution >= 0.6 is 11.3 Å². The fourth-order valence-electron chi connectivity index (χ4n) is 6.53. The number of amidine groups is 1. The summed E-state index contributed by atoms with van der Waals surface area (Å²) in [5.74, 6) is -5.28. The van der Waals surface area contributed by atoms with Crippen molar-refractivity contribution < 1.29 is 35.2 Å². The summed E-state index contributed by atoms with van der Waals surface area (Å²) in [6.45, 7) is -0.331. The first kappa shape index (κ1) is 26.5. The highest BCUT2D eigenvalue weighted by atomic mass is 32.2. The number of benzene rings is 1. The first-order valence-electron chi connectivity index (χ1n) is 12.3. The lowest BCUT2D eigenvalue weighted by atomic mass is 9.73. The summed E-state index contributed by atoms with van der Waals surface area (Å²) in [5.41, 5.74) is 0.539. The van der Waals surface area contributed by atoms with Crippen molar-refractivity contribution in [2.24, 2.45) is 28.1 Å². The molecule has 3 heterocycles. The molecule has 1 amide bonds. The van der Waals surface area contributed by atoms with E-state index in [4.69, 9.17) is 0 Å². The molecule has 3 fully saturated rings. The highest BCUT2D eigenvalue weighted by Crippen LogP contribution is 2.54. The van der Waals surface area contributed by atoms with Crippen LogP contribution in [0.5, 0.6) is 0 Å². The third-order valence-corrected chi connectivity index (χ3v) is 11.2. The van der Waals surface area contributed by atoms with E-state index >= 15 is 0 Å². The smallest absolute Gasteiger partial charge is 0.287 e. The molecular formula is C24H24F2N4O6S3. The van der Waals surface area contributed by atoms with Gasteiger partial charge in [-0.2, -0.15) is 8.42 Å². The van der Waals surface area contributed by atoms with Crippen LogP contribution in [0.25, 0.3) is 0 Å². The van der Waals surface area contributed by atoms with Crippen LogP contribution in [0, 0.1) is 35.3 Å². The lowest BCUT2D eigenvalue weighted by Crippen LogP contribution is -2.61. The number of piperidine rings is 1. The number of fused-ring (bicyclic) bond motifs is 6. The summed E-state index contributed by atoms with van der Waals surface area (Å²) < 4.78 is 83.1. The summed E-state index contributed by atoms with van der Waals surface area (Å²) in [4.78, 5) is 29.0. The second-order valence-electron chi connectivity index (χ2n) is 10.5. The first-order valence-corrected chi connectivity index (χ1v) is 16.5. The average Bonchev–Trinajstić information content (AvgIpc) is 3.57. The SMILES string of the molecule is CS(=O)(=O)NCc1csc2c1S(=O)(=O)N=C(C1C(=O)C3C([C@@H]4CC[C@H]3C4)N(Cc3ccc(F)c(F)c3)C1=O)N2. The van der Waals surface area contributed by atoms with Crippen molar-refractivity contribution >= 4 is 53.9 Å². The third-order valence-electron chi connectivity index (χ3n) is 8.05. The molecule has 2 saturated carbocycles. The second kappa shape index (κ2) is 9.14. The van der Waals surface area contributed by atoms with E-state index in [0.29, 0.717) is 5.56 Å². The standard InChI is InChI=1S/C24H24F2N4O6S3/c1-38(33,34)27-8-14-10-37-23-21(14)39(35,36)29-22(28-23)18-20(31)17-12-3-4-13(7-12)19(17)30(24(18)32)9-11-2-5-15(25)16(26)6-11/h2,5-6,10,12-13,17-19,27H,3-4,7-9H2,1H3,(H,28,29)/t12-,13+,17?,18?,19?/m0/s1. The van der Waals surface area contributed by atoms with Crippen molar-refractivity contribution in [3.63, 3.8) is 0 Å². The Hall–Kier alpha value is -2.75. The molecule has 3 unspecified atom stereocenters. The molecule has 10 nitrogen and oxygen atoms in total. The van der Waals surface area contributed by atoms with Crippen LogP contribution in [-0.2, 0) is 42.7 Å². The number of likely N-dealkylation sites (tertiary alicyclic amines) is 1. The van der Waals surface area contributed by atoms with Gasteiger partial charge in [0.1, 0.15) is 15.7 Å². The predicted octanol–water partition coefficient (Wildman–Crippen LogP) is 2.23. The molecule has 2 aliphatic heterocycles. The van der Waals surface area contributed by atoms with Gasteiger partial charge in [0.05, 0.1) is 6.26 Å². The normalized spacial score (nSPS) is 29.2. The maximum atomic E-state index is 14.0. The number of hydrogen-bond donors (Lipinski definition) is 2. The molecule has 1 aromatic carbocycles. The van der Waals surface area contributed by atoms with E-state index in [1.54, 1.807) is 0 Å². The van der Waals surface area contributed by atoms with Gasteiger partial charge in [-0.15, -0.1) is 15.7 Å². The molecular weight excluding hydrogens is 574 g/mol. The van der Waals surface area contributed by atoms with Crippen LogP contribution in [-0.4, -0.2) is 51.6 Å². The summed E-state index contributed by atoms with van der Waals surface area (Å²) in [7, 11) is -7.97. The van der Waals surface area contributed by atoms with E-state index in [2.05, 4.69) is 14.4 Å². The number of halogens is 2. The number of carbonyl (C=O) groups is 2. The lowest BCUT2D eigenvalue weighted by Gasteiger charge is -2.45. The number of sulfonamides is 2. The second-order valence-corrected chi connectivity index (χ2v) is 14.7. The van der Waals surface area contributed by atoms with E-state index in [9.17, 15) is 35.2 Å². The molecule has 4 aliphatic rings. The Bertz CT molecular complexity index is 1660. The predicted molar refractivity (Wildman–Crippen MR) is 138 cm³/mol. The Kier molecular flexibility index (Phi) is 6.21. The fraction of sp³-hybridized carbons (Fsp3) is 0.458. The lowest BCUT2D eigenvalue weighted by molar-refractivity contribution is -0.153. The number of carbonyl (C=O) groups excluding carboxylic acids is 2. The van der Waals surface area contributed by atoms with Crippen LogP contribution < -0.4 is 10.0 Å². The van der Waals surface area contributed by atoms with Crippen LogP contribution in [0.3, 0.4) is 0 Å². The van der Waals surface area contributed by atoms with Crippen LogP contribution in [0.4, 0.5) is 13.8 Å². The van der Waals surface area contributed by atoms with Crippen molar-refractivity contribution in [3.8, 4) is 0 Å². The van der Waals surface area contributed by atoms with E-state index in [1.165, 1.54) is 16.3 Å². The molecule has 2 N–H and O–H groups in total. The number of anilines is 1. The minimum atomic E-state index is -4.37. The van der Waals surface area contributed by atoms with Gasteiger partial charge in [0.15, 0.2) is 23.3 Å². The van der Waals surface area contributed by atoms with Gasteiger partial charge >= 0.3 is 0 Å². The number of hydrogen-bond acceptors (Lipinski definition) is 8. The minimum Gasteiger partial charge on any atom is -0.333 e. The van der Waals surface area contributed by atoms with Gasteiger partial charge in [0.25, 0.3) is 10.0 Å². The Morgan fingerprint density at radius 2 is 1.92 bits per heavy atom. The molecule has 0 spiro atoms. The summed E-state index contributed by atoms with van der Waals surface area (Å²) in [6, 6.07) is 2.97. The average molecular weight is 599 g/mol. The molecule has 39 heavy (non-hydrogen) atoms. The number of amides is 1. The molecule has 0 radical (unpaired) electrons. The molecule has 2 aliphatic carbocycles. The Morgan fingerprint density at radius 3 is 2.64 bits per heavy atom. The van der Waals surface area contributed by atoms with Gasteiger partial charge in [-0.1, -0.05) is 6.07 Å². The summed E-state index contributed by atoms with van der Waals surface area (Å²) >= 11 is 0.994. The highest BCUT2D eigenvalue weighted by Gasteiger charge is 2.60. The van der Waals surface area contributed by atoms with Crippen molar-refractivity contribution in [2.45, 2.75) is 43.3 Å². The largest absolute Gasteiger partial charge is 0.333 e. The van der Waals surface area contributed by atoms with E-state index in [-0.39, 0.29) is 52.0 Å². The zero-order valence-electron chi connectivity index (χ0n) is 20.6. The maximum Gasteiger partial charge on any atom is 0.287 e. The molecule has 1 aromatic heterocycles. The summed E-state index contributed by atoms with van der Waals surface area (Å²) in [6.07, 6.45) is 3.38. The summed E-state index contributed by atoms with van der Waals surface area (Å²) in [5, 5.41) is 4.46. The number of thiophene rings is 1. The molecule has 6 rings (SSSR count). The van der Waals surface area contributed by atoms with Crippen LogP contribution in [0.1, 0.15) is 30.4 Å². The maximum absolute atomic E-state index is 14.0. The zero-order valence-corrected chi connectivity index (χ0v) is 23.0. The van der Waals surface area contributed by atoms with Gasteiger partial charge in [0.2, 0.25) is 15.9 Å². The first-order chi connectivity index (χ1) is 18.3. The zero-order chi connectivity index (χ0) is 27.9. The van der Waals surface area contributed by atoms with Gasteiger partial charge in [-0.3, -0.25) is 9.59 Å². The molecule has 208 valence electrons. The van der Waals surface area contributed by atoms with Crippen molar-refractivity contribution in [1.29, 1.82) is 0 Å². The minimum absolute atomic E-state index is 0.0438. The number of Topliss-reactive ketones (excluding diaryl/α,β-unsaturated/α-hetero) is 1. The van der Waals surface area contributed by atoms with Crippen LogP contribution in [0.15, 0.2) is 32.9 Å². The van der Waals surface area contributed by atoms with E-state index < -0.39 is 55.5 Å². The van der Waals surface area contributed by atoms with Gasteiger partial charge in [-0.05, 0) is 54.2 Å². The van der Waals surface area contributed by atoms with Crippen LogP contribution in [0.2, 0.25) is 0 Å². The van der Waals surface area contributed by atoms with Crippen molar-refractivity contribution in [2.75, 3.05) is 11.6 Å². The number of nitrogens with one attached hydrogen (secondary N) is 2. The number of ketones is 1. The Morgan fingerprint density at radius 1 is 1.18 bits per heavy atom. The topological polar surface area (TPSA) is 142 Å². The fourth-order valence-corrected chi connectivity index (χ4v) is 9.59. The number of nitrogens with zero attached hydrogens (tertiary/aromatic N) is 2. The number of rotatable bonds is 6. The quantitative estimate of drug-likeness (QED) is 0.486. The molecule has 2 aromatic rings. The molecule has 1 saturated heterocycles. The molecule has 5 atom stereocenters. The van der Waals surface area contributed by atoms with Crippen molar-refractivity contribution in [3.05, 3.63) is 46.3 Å². The van der Waals surface area contributed by atoms with E-state index in [1.807, 2.05) is 0 Å². The molecule has 15 heteroatoms. The third kappa shape index (κ3) is 4.48. The van der Waals surface area contributed by atoms with Gasteiger partial charge in [0, 0.05) is 30.6 Å². The Labute approximate surface area is 227 Å². The van der Waals surface area contributed by atoms with Crippen molar-refractivity contribution in [1.82, 2.24) is 9.62 Å². The van der Waals surface area contributed by atoms with Gasteiger partial charge in [-0.25, -0.2) is 21.9 Å². The highest BCUT2D eigenvalue weighted by molar-refractivity contribution is 7.91. The molecule has 2 bridgehead atoms. The van der Waals surface area contributed by atoms with E-state index in [0.717, 1.165) is 49.0 Å². The monoisotopic (exact) mass is 598 g/mol. The van der Waals surface area contributed by atoms with Gasteiger partial charge < -0.3 is 10.2 Å². The Balaban J connectivity index is 1.36.